The maximum absolute atomic E-state index is 13.2. The Hall–Kier alpha value is -2.35. The molecule has 1 aromatic carbocycles. The molecule has 9 heteroatoms. The zero-order valence-electron chi connectivity index (χ0n) is 15.4. The Bertz CT molecular complexity index is 1050. The zero-order chi connectivity index (χ0) is 20.3. The van der Waals surface area contributed by atoms with Gasteiger partial charge in [0.2, 0.25) is 11.8 Å². The fourth-order valence-electron chi connectivity index (χ4n) is 4.44. The smallest absolute Gasteiger partial charge is 0.235 e. The first-order chi connectivity index (χ1) is 13.9. The van der Waals surface area contributed by atoms with Crippen molar-refractivity contribution < 1.29 is 18.8 Å². The molecule has 7 nitrogen and oxygen atoms in total. The highest BCUT2D eigenvalue weighted by atomic mass is 35.5. The summed E-state index contributed by atoms with van der Waals surface area (Å²) in [6.45, 7) is 2.31. The van der Waals surface area contributed by atoms with Gasteiger partial charge in [-0.2, -0.15) is 0 Å². The minimum Gasteiger partial charge on any atom is -0.360 e. The molecule has 2 bridgehead atoms. The molecule has 0 saturated carbocycles. The number of anilines is 1. The fraction of sp³-hybridized carbons (Fsp3) is 0.350. The van der Waals surface area contributed by atoms with Crippen LogP contribution in [0, 0.1) is 18.8 Å². The van der Waals surface area contributed by atoms with Gasteiger partial charge in [-0.3, -0.25) is 14.5 Å². The van der Waals surface area contributed by atoms with Crippen molar-refractivity contribution in [2.75, 3.05) is 11.4 Å². The van der Waals surface area contributed by atoms with Crippen LogP contribution < -0.4 is 10.2 Å². The second kappa shape index (κ2) is 6.58. The summed E-state index contributed by atoms with van der Waals surface area (Å²) in [5, 5.41) is 7.83. The second-order valence-corrected chi connectivity index (χ2v) is 8.42. The van der Waals surface area contributed by atoms with Crippen molar-refractivity contribution in [2.24, 2.45) is 11.8 Å². The van der Waals surface area contributed by atoms with Gasteiger partial charge in [0, 0.05) is 22.7 Å². The van der Waals surface area contributed by atoms with E-state index in [1.165, 1.54) is 4.90 Å². The van der Waals surface area contributed by atoms with Crippen LogP contribution in [0.25, 0.3) is 0 Å². The molecule has 1 aromatic heterocycles. The van der Waals surface area contributed by atoms with E-state index in [1.807, 2.05) is 12.2 Å². The molecule has 4 heterocycles. The Morgan fingerprint density at radius 3 is 2.93 bits per heavy atom. The van der Waals surface area contributed by atoms with Gasteiger partial charge in [-0.05, 0) is 24.6 Å². The Morgan fingerprint density at radius 2 is 2.21 bits per heavy atom. The molecule has 0 aliphatic carbocycles. The van der Waals surface area contributed by atoms with Crippen LogP contribution >= 0.6 is 23.2 Å². The molecule has 0 radical (unpaired) electrons. The highest BCUT2D eigenvalue weighted by Gasteiger charge is 2.67. The van der Waals surface area contributed by atoms with E-state index in [-0.39, 0.29) is 18.4 Å². The molecule has 4 atom stereocenters. The van der Waals surface area contributed by atoms with Crippen molar-refractivity contribution in [1.82, 2.24) is 10.5 Å². The molecule has 29 heavy (non-hydrogen) atoms. The largest absolute Gasteiger partial charge is 0.360 e. The highest BCUT2D eigenvalue weighted by molar-refractivity contribution is 6.35. The van der Waals surface area contributed by atoms with Gasteiger partial charge in [0.15, 0.2) is 5.82 Å². The van der Waals surface area contributed by atoms with E-state index >= 15 is 0 Å². The third-order valence-electron chi connectivity index (χ3n) is 5.76. The first-order valence-corrected chi connectivity index (χ1v) is 9.97. The number of halogens is 2. The number of rotatable bonds is 4. The third kappa shape index (κ3) is 2.87. The average Bonchev–Trinajstić information content (AvgIpc) is 3.42. The van der Waals surface area contributed by atoms with Crippen molar-refractivity contribution in [2.45, 2.75) is 25.2 Å². The van der Waals surface area contributed by atoms with Crippen LogP contribution in [-0.2, 0) is 20.9 Å². The van der Waals surface area contributed by atoms with E-state index in [1.54, 1.807) is 31.2 Å². The summed E-state index contributed by atoms with van der Waals surface area (Å²) in [5.74, 6) is -0.605. The van der Waals surface area contributed by atoms with Crippen molar-refractivity contribution in [3.8, 4) is 0 Å². The number of aryl methyl sites for hydroxylation is 1. The quantitative estimate of drug-likeness (QED) is 0.749. The lowest BCUT2D eigenvalue weighted by molar-refractivity contribution is -0.132. The number of benzene rings is 1. The van der Waals surface area contributed by atoms with E-state index in [2.05, 4.69) is 10.5 Å². The topological polar surface area (TPSA) is 84.7 Å². The van der Waals surface area contributed by atoms with Gasteiger partial charge in [-0.1, -0.05) is 46.6 Å². The van der Waals surface area contributed by atoms with Crippen LogP contribution in [0.3, 0.4) is 0 Å². The van der Waals surface area contributed by atoms with Crippen LogP contribution in [-0.4, -0.2) is 35.2 Å². The number of carbonyl (C=O) groups excluding carboxylic acids is 2. The Labute approximate surface area is 176 Å². The number of aromatic nitrogens is 1. The highest BCUT2D eigenvalue weighted by Crippen LogP contribution is 2.52. The number of ether oxygens (including phenoxy) is 1. The van der Waals surface area contributed by atoms with Gasteiger partial charge in [0.25, 0.3) is 0 Å². The zero-order valence-corrected chi connectivity index (χ0v) is 16.9. The lowest BCUT2D eigenvalue weighted by Crippen LogP contribution is -2.44. The number of hydrogen-bond acceptors (Lipinski definition) is 5. The summed E-state index contributed by atoms with van der Waals surface area (Å²) in [7, 11) is 0. The number of nitrogens with one attached hydrogen (secondary N) is 1. The van der Waals surface area contributed by atoms with Crippen molar-refractivity contribution >= 4 is 40.8 Å². The average molecular weight is 434 g/mol. The number of hydrogen-bond donors (Lipinski definition) is 1. The maximum atomic E-state index is 13.2. The van der Waals surface area contributed by atoms with Crippen LogP contribution in [0.15, 0.2) is 40.9 Å². The summed E-state index contributed by atoms with van der Waals surface area (Å²) in [6, 6.07) is 6.80. The molecule has 2 amide bonds. The van der Waals surface area contributed by atoms with Crippen LogP contribution in [0.4, 0.5) is 5.82 Å². The first-order valence-electron chi connectivity index (χ1n) is 9.21. The van der Waals surface area contributed by atoms with Crippen molar-refractivity contribution in [3.05, 3.63) is 57.8 Å². The molecule has 2 saturated heterocycles. The van der Waals surface area contributed by atoms with E-state index in [9.17, 15) is 9.59 Å². The Morgan fingerprint density at radius 1 is 1.38 bits per heavy atom. The Balaban J connectivity index is 1.36. The van der Waals surface area contributed by atoms with Gasteiger partial charge in [-0.15, -0.1) is 0 Å². The van der Waals surface area contributed by atoms with Crippen molar-refractivity contribution in [3.63, 3.8) is 0 Å². The summed E-state index contributed by atoms with van der Waals surface area (Å²) >= 11 is 12.1. The molecule has 5 rings (SSSR count). The number of fused-ring (bicyclic) bond motifs is 1. The SMILES string of the molecule is Cc1cc(N2C[C@@]34C=C[C@@H](O3)[C@@H](C(=O)NCc3ccc(Cl)cc3Cl)[C@H]4C2=O)no1. The Kier molecular flexibility index (Phi) is 4.24. The standard InChI is InChI=1S/C20H17Cl2N3O4/c1-10-6-15(24-29-10)25-9-20-5-4-14(28-20)16(17(20)19(25)27)18(26)23-8-11-2-3-12(21)7-13(11)22/h2-7,14,16-17H,8-9H2,1H3,(H,23,26)/t14-,16-,17+,20-/m1/s1. The fourth-order valence-corrected chi connectivity index (χ4v) is 4.91. The summed E-state index contributed by atoms with van der Waals surface area (Å²) < 4.78 is 11.2. The predicted octanol–water partition coefficient (Wildman–Crippen LogP) is 2.89. The van der Waals surface area contributed by atoms with Gasteiger partial charge in [-0.25, -0.2) is 0 Å². The molecule has 1 N–H and O–H groups in total. The lowest BCUT2D eigenvalue weighted by atomic mass is 9.77. The van der Waals surface area contributed by atoms with Crippen LogP contribution in [0.1, 0.15) is 11.3 Å². The van der Waals surface area contributed by atoms with Gasteiger partial charge < -0.3 is 14.6 Å². The lowest BCUT2D eigenvalue weighted by Gasteiger charge is -2.23. The van der Waals surface area contributed by atoms with E-state index in [0.717, 1.165) is 5.56 Å². The molecule has 2 aromatic rings. The minimum absolute atomic E-state index is 0.185. The number of nitrogens with zero attached hydrogens (tertiary/aromatic N) is 2. The maximum Gasteiger partial charge on any atom is 0.235 e. The molecule has 2 fully saturated rings. The van der Waals surface area contributed by atoms with Crippen LogP contribution in [0.5, 0.6) is 0 Å². The molecule has 1 spiro atoms. The molecular formula is C20H17Cl2N3O4. The predicted molar refractivity (Wildman–Crippen MR) is 106 cm³/mol. The minimum atomic E-state index is -0.811. The van der Waals surface area contributed by atoms with Gasteiger partial charge >= 0.3 is 0 Å². The van der Waals surface area contributed by atoms with E-state index < -0.39 is 23.5 Å². The van der Waals surface area contributed by atoms with Gasteiger partial charge in [0.1, 0.15) is 11.4 Å². The monoisotopic (exact) mass is 433 g/mol. The third-order valence-corrected chi connectivity index (χ3v) is 6.35. The summed E-state index contributed by atoms with van der Waals surface area (Å²) in [5.41, 5.74) is -0.0645. The second-order valence-electron chi connectivity index (χ2n) is 7.57. The van der Waals surface area contributed by atoms with E-state index in [4.69, 9.17) is 32.5 Å². The number of carbonyl (C=O) groups is 2. The summed E-state index contributed by atoms with van der Waals surface area (Å²) in [6.07, 6.45) is 3.33. The normalized spacial score (nSPS) is 29.6. The van der Waals surface area contributed by atoms with E-state index in [0.29, 0.717) is 28.2 Å². The molecule has 3 aliphatic rings. The summed E-state index contributed by atoms with van der Waals surface area (Å²) in [4.78, 5) is 27.7. The molecule has 0 unspecified atom stereocenters. The first kappa shape index (κ1) is 18.7. The molecule has 150 valence electrons. The molecular weight excluding hydrogens is 417 g/mol. The number of amides is 2. The van der Waals surface area contributed by atoms with Crippen LogP contribution in [0.2, 0.25) is 10.0 Å². The van der Waals surface area contributed by atoms with Gasteiger partial charge in [0.05, 0.1) is 24.5 Å². The molecule has 3 aliphatic heterocycles. The van der Waals surface area contributed by atoms with Crippen molar-refractivity contribution in [1.29, 1.82) is 0 Å².